The highest BCUT2D eigenvalue weighted by Gasteiger charge is 2.37. The molecule has 3 rings (SSSR count). The van der Waals surface area contributed by atoms with Crippen LogP contribution >= 0.6 is 11.8 Å². The maximum absolute atomic E-state index is 12.5. The number of rotatable bonds is 7. The lowest BCUT2D eigenvalue weighted by atomic mass is 10.1. The molecule has 2 aromatic rings. The maximum Gasteiger partial charge on any atom is 0.339 e. The van der Waals surface area contributed by atoms with Crippen molar-refractivity contribution < 1.29 is 28.7 Å². The lowest BCUT2D eigenvalue weighted by Gasteiger charge is -2.12. The molecule has 0 radical (unpaired) electrons. The molecule has 31 heavy (non-hydrogen) atoms. The molecule has 3 amide bonds. The van der Waals surface area contributed by atoms with Gasteiger partial charge >= 0.3 is 5.97 Å². The van der Waals surface area contributed by atoms with E-state index in [1.807, 2.05) is 0 Å². The minimum absolute atomic E-state index is 0.0637. The Balaban J connectivity index is 1.59. The maximum atomic E-state index is 12.5. The van der Waals surface area contributed by atoms with Crippen LogP contribution in [0.5, 0.6) is 0 Å². The zero-order chi connectivity index (χ0) is 22.5. The molecule has 1 aliphatic heterocycles. The van der Waals surface area contributed by atoms with Crippen LogP contribution in [0.4, 0.5) is 5.69 Å². The molecule has 160 valence electrons. The zero-order valence-corrected chi connectivity index (χ0v) is 17.7. The van der Waals surface area contributed by atoms with Crippen molar-refractivity contribution in [2.45, 2.75) is 23.5 Å². The number of hydrogen-bond donors (Lipinski definition) is 1. The number of Topliss-reactive ketones (excluding diaryl/α,β-unsaturated/α-hetero) is 1. The molecule has 1 unspecified atom stereocenters. The van der Waals surface area contributed by atoms with Crippen LogP contribution in [0.3, 0.4) is 0 Å². The third-order valence-corrected chi connectivity index (χ3v) is 5.89. The predicted molar refractivity (Wildman–Crippen MR) is 114 cm³/mol. The highest BCUT2D eigenvalue weighted by Crippen LogP contribution is 2.33. The van der Waals surface area contributed by atoms with Crippen molar-refractivity contribution in [1.29, 1.82) is 0 Å². The number of nitrogens with one attached hydrogen (secondary N) is 1. The quantitative estimate of drug-likeness (QED) is 0.400. The Bertz CT molecular complexity index is 1050. The van der Waals surface area contributed by atoms with E-state index in [1.165, 1.54) is 20.0 Å². The molecule has 1 atom stereocenters. The first kappa shape index (κ1) is 22.2. The lowest BCUT2D eigenvalue weighted by molar-refractivity contribution is -0.136. The Hall–Kier alpha value is -3.46. The number of imide groups is 1. The van der Waals surface area contributed by atoms with Crippen molar-refractivity contribution in [2.75, 3.05) is 19.0 Å². The van der Waals surface area contributed by atoms with Gasteiger partial charge in [0.25, 0.3) is 5.91 Å². The van der Waals surface area contributed by atoms with Crippen LogP contribution in [0.15, 0.2) is 53.4 Å². The van der Waals surface area contributed by atoms with Gasteiger partial charge in [-0.15, -0.1) is 11.8 Å². The first-order valence-electron chi connectivity index (χ1n) is 9.40. The van der Waals surface area contributed by atoms with Gasteiger partial charge in [-0.3, -0.25) is 24.1 Å². The van der Waals surface area contributed by atoms with Crippen molar-refractivity contribution in [3.05, 3.63) is 59.7 Å². The summed E-state index contributed by atoms with van der Waals surface area (Å²) in [6, 6.07) is 12.9. The number of carbonyl (C=O) groups is 5. The number of amides is 3. The summed E-state index contributed by atoms with van der Waals surface area (Å²) in [7, 11) is 1.43. The minimum Gasteiger partial charge on any atom is -0.452 e. The molecule has 1 aliphatic rings. The van der Waals surface area contributed by atoms with E-state index in [-0.39, 0.29) is 29.6 Å². The Labute approximate surface area is 182 Å². The normalized spacial score (nSPS) is 15.7. The van der Waals surface area contributed by atoms with Crippen LogP contribution < -0.4 is 5.32 Å². The van der Waals surface area contributed by atoms with Crippen molar-refractivity contribution in [3.63, 3.8) is 0 Å². The molecular formula is C22H20N2O6S. The fourth-order valence-corrected chi connectivity index (χ4v) is 4.13. The van der Waals surface area contributed by atoms with E-state index in [0.717, 1.165) is 16.7 Å². The fourth-order valence-electron chi connectivity index (χ4n) is 2.90. The topological polar surface area (TPSA) is 110 Å². The van der Waals surface area contributed by atoms with Gasteiger partial charge in [0.1, 0.15) is 0 Å². The van der Waals surface area contributed by atoms with Gasteiger partial charge in [0.15, 0.2) is 12.4 Å². The molecule has 0 spiro atoms. The second-order valence-electron chi connectivity index (χ2n) is 6.86. The Morgan fingerprint density at radius 1 is 1.10 bits per heavy atom. The first-order chi connectivity index (χ1) is 14.8. The number of benzene rings is 2. The standard InChI is InChI=1S/C22H20N2O6S/c1-13(25)14-7-9-15(10-8-14)23-19(26)12-30-22(29)16-5-3-4-6-17(16)31-18-11-20(27)24(2)21(18)28/h3-10,18H,11-12H2,1-2H3,(H,23,26). The monoisotopic (exact) mass is 440 g/mol. The molecule has 1 fully saturated rings. The molecule has 8 nitrogen and oxygen atoms in total. The van der Waals surface area contributed by atoms with Gasteiger partial charge in [0, 0.05) is 29.6 Å². The number of likely N-dealkylation sites (tertiary alicyclic amines) is 1. The molecule has 9 heteroatoms. The van der Waals surface area contributed by atoms with E-state index in [4.69, 9.17) is 4.74 Å². The second kappa shape index (κ2) is 9.57. The number of esters is 1. The molecule has 1 heterocycles. The van der Waals surface area contributed by atoms with Crippen LogP contribution in [0.2, 0.25) is 0 Å². The molecule has 0 aliphatic carbocycles. The Kier molecular flexibility index (Phi) is 6.86. The minimum atomic E-state index is -0.713. The predicted octanol–water partition coefficient (Wildman–Crippen LogP) is 2.53. The number of ketones is 1. The van der Waals surface area contributed by atoms with Gasteiger partial charge in [-0.05, 0) is 43.3 Å². The van der Waals surface area contributed by atoms with E-state index in [1.54, 1.807) is 42.5 Å². The lowest BCUT2D eigenvalue weighted by Crippen LogP contribution is -2.26. The number of thioether (sulfide) groups is 1. The van der Waals surface area contributed by atoms with Crippen LogP contribution in [0, 0.1) is 0 Å². The van der Waals surface area contributed by atoms with E-state index in [2.05, 4.69) is 5.32 Å². The highest BCUT2D eigenvalue weighted by atomic mass is 32.2. The smallest absolute Gasteiger partial charge is 0.339 e. The molecular weight excluding hydrogens is 420 g/mol. The second-order valence-corrected chi connectivity index (χ2v) is 8.10. The van der Waals surface area contributed by atoms with E-state index >= 15 is 0 Å². The van der Waals surface area contributed by atoms with Crippen LogP contribution in [0.1, 0.15) is 34.1 Å². The summed E-state index contributed by atoms with van der Waals surface area (Å²) in [5.74, 6) is -1.91. The molecule has 0 saturated carbocycles. The number of anilines is 1. The van der Waals surface area contributed by atoms with Crippen molar-refractivity contribution >= 4 is 46.9 Å². The van der Waals surface area contributed by atoms with Gasteiger partial charge in [-0.2, -0.15) is 0 Å². The highest BCUT2D eigenvalue weighted by molar-refractivity contribution is 8.00. The summed E-state index contributed by atoms with van der Waals surface area (Å²) in [6.07, 6.45) is 0.0637. The van der Waals surface area contributed by atoms with E-state index < -0.39 is 23.7 Å². The molecule has 1 N–H and O–H groups in total. The summed E-state index contributed by atoms with van der Waals surface area (Å²) < 4.78 is 5.12. The first-order valence-corrected chi connectivity index (χ1v) is 10.3. The Morgan fingerprint density at radius 3 is 2.39 bits per heavy atom. The van der Waals surface area contributed by atoms with Crippen molar-refractivity contribution in [2.24, 2.45) is 0 Å². The number of carbonyl (C=O) groups excluding carboxylic acids is 5. The number of nitrogens with zero attached hydrogens (tertiary/aromatic N) is 1. The van der Waals surface area contributed by atoms with Crippen LogP contribution in [-0.2, 0) is 19.1 Å². The van der Waals surface area contributed by atoms with Gasteiger partial charge in [-0.25, -0.2) is 4.79 Å². The molecule has 1 saturated heterocycles. The van der Waals surface area contributed by atoms with Crippen molar-refractivity contribution in [1.82, 2.24) is 4.90 Å². The van der Waals surface area contributed by atoms with Gasteiger partial charge in [0.2, 0.25) is 11.8 Å². The zero-order valence-electron chi connectivity index (χ0n) is 16.9. The SMILES string of the molecule is CC(=O)c1ccc(NC(=O)COC(=O)c2ccccc2SC2CC(=O)N(C)C2=O)cc1. The van der Waals surface area contributed by atoms with Crippen LogP contribution in [-0.4, -0.2) is 53.3 Å². The summed E-state index contributed by atoms with van der Waals surface area (Å²) in [5.41, 5.74) is 1.20. The number of hydrogen-bond acceptors (Lipinski definition) is 7. The Morgan fingerprint density at radius 2 is 1.77 bits per heavy atom. The largest absolute Gasteiger partial charge is 0.452 e. The third-order valence-electron chi connectivity index (χ3n) is 4.63. The van der Waals surface area contributed by atoms with Gasteiger partial charge < -0.3 is 10.1 Å². The average molecular weight is 440 g/mol. The number of ether oxygens (including phenoxy) is 1. The molecule has 0 aromatic heterocycles. The summed E-state index contributed by atoms with van der Waals surface area (Å²) >= 11 is 1.12. The average Bonchev–Trinajstić information content (AvgIpc) is 2.99. The summed E-state index contributed by atoms with van der Waals surface area (Å²) in [6.45, 7) is 0.942. The van der Waals surface area contributed by atoms with E-state index in [9.17, 15) is 24.0 Å². The fraction of sp³-hybridized carbons (Fsp3) is 0.227. The van der Waals surface area contributed by atoms with E-state index in [0.29, 0.717) is 16.1 Å². The third kappa shape index (κ3) is 5.37. The van der Waals surface area contributed by atoms with Crippen LogP contribution in [0.25, 0.3) is 0 Å². The van der Waals surface area contributed by atoms with Gasteiger partial charge in [0.05, 0.1) is 10.8 Å². The van der Waals surface area contributed by atoms with Gasteiger partial charge in [-0.1, -0.05) is 12.1 Å². The summed E-state index contributed by atoms with van der Waals surface area (Å²) in [5, 5.41) is 1.98. The molecule has 2 aromatic carbocycles. The molecule has 0 bridgehead atoms. The van der Waals surface area contributed by atoms with Crippen molar-refractivity contribution in [3.8, 4) is 0 Å². The summed E-state index contributed by atoms with van der Waals surface area (Å²) in [4.78, 5) is 61.3.